The van der Waals surface area contributed by atoms with Gasteiger partial charge >= 0.3 is 0 Å². The zero-order valence-electron chi connectivity index (χ0n) is 12.1. The van der Waals surface area contributed by atoms with Crippen LogP contribution in [0.15, 0.2) is 0 Å². The van der Waals surface area contributed by atoms with Gasteiger partial charge in [0.05, 0.1) is 0 Å². The molecule has 0 spiro atoms. The Kier molecular flexibility index (Phi) is 6.06. The van der Waals surface area contributed by atoms with Gasteiger partial charge in [-0.25, -0.2) is 0 Å². The van der Waals surface area contributed by atoms with E-state index in [9.17, 15) is 4.79 Å². The Morgan fingerprint density at radius 2 is 1.56 bits per heavy atom. The number of nitrogens with zero attached hydrogens (tertiary/aromatic N) is 1. The van der Waals surface area contributed by atoms with E-state index in [4.69, 9.17) is 0 Å². The van der Waals surface area contributed by atoms with Crippen LogP contribution >= 0.6 is 0 Å². The minimum absolute atomic E-state index is 0.266. The van der Waals surface area contributed by atoms with E-state index in [0.717, 1.165) is 19.4 Å². The van der Waals surface area contributed by atoms with E-state index in [2.05, 4.69) is 32.6 Å². The van der Waals surface area contributed by atoms with E-state index in [-0.39, 0.29) is 11.3 Å². The normalized spacial score (nSPS) is 12.3. The first-order valence-corrected chi connectivity index (χ1v) is 6.55. The average molecular weight is 227 g/mol. The molecule has 0 aliphatic heterocycles. The average Bonchev–Trinajstić information content (AvgIpc) is 2.15. The maximum Gasteiger partial charge on any atom is 0.228 e. The summed E-state index contributed by atoms with van der Waals surface area (Å²) in [5, 5.41) is 0. The fraction of sp³-hybridized carbons (Fsp3) is 0.929. The molecule has 0 unspecified atom stereocenters. The van der Waals surface area contributed by atoms with Crippen molar-refractivity contribution < 1.29 is 4.79 Å². The summed E-state index contributed by atoms with van der Waals surface area (Å²) in [7, 11) is 0. The third kappa shape index (κ3) is 4.54. The molecule has 2 heteroatoms. The molecule has 0 aliphatic rings. The minimum atomic E-state index is -0.266. The number of amides is 1. The smallest absolute Gasteiger partial charge is 0.228 e. The van der Waals surface area contributed by atoms with Crippen LogP contribution in [0.2, 0.25) is 0 Å². The Balaban J connectivity index is 4.86. The van der Waals surface area contributed by atoms with Gasteiger partial charge in [0.2, 0.25) is 5.91 Å². The molecule has 0 heterocycles. The number of hydrogen-bond donors (Lipinski definition) is 0. The summed E-state index contributed by atoms with van der Waals surface area (Å²) in [6.07, 6.45) is 2.09. The summed E-state index contributed by atoms with van der Waals surface area (Å²) >= 11 is 0. The largest absolute Gasteiger partial charge is 0.339 e. The third-order valence-corrected chi connectivity index (χ3v) is 2.85. The molecule has 0 aliphatic carbocycles. The molecule has 1 amide bonds. The topological polar surface area (TPSA) is 20.3 Å². The first-order valence-electron chi connectivity index (χ1n) is 6.55. The minimum Gasteiger partial charge on any atom is -0.339 e. The second-order valence-corrected chi connectivity index (χ2v) is 6.07. The molecule has 0 aromatic carbocycles. The Labute approximate surface area is 101 Å². The fourth-order valence-corrected chi connectivity index (χ4v) is 1.95. The standard InChI is InChI=1S/C14H29NO/c1-8-12(9-2)15(10-11(3)4)13(16)14(5,6)7/h11-12H,8-10H2,1-7H3. The summed E-state index contributed by atoms with van der Waals surface area (Å²) < 4.78 is 0. The maximum absolute atomic E-state index is 12.4. The second-order valence-electron chi connectivity index (χ2n) is 6.07. The predicted octanol–water partition coefficient (Wildman–Crippen LogP) is 3.71. The number of carbonyl (C=O) groups is 1. The molecule has 0 fully saturated rings. The zero-order valence-corrected chi connectivity index (χ0v) is 12.1. The number of carbonyl (C=O) groups excluding carboxylic acids is 1. The highest BCUT2D eigenvalue weighted by Gasteiger charge is 2.30. The van der Waals surface area contributed by atoms with Crippen molar-refractivity contribution in [3.05, 3.63) is 0 Å². The highest BCUT2D eigenvalue weighted by molar-refractivity contribution is 5.81. The maximum atomic E-state index is 12.4. The summed E-state index contributed by atoms with van der Waals surface area (Å²) in [6, 6.07) is 0.397. The van der Waals surface area contributed by atoms with Crippen LogP contribution in [0, 0.1) is 11.3 Å². The second kappa shape index (κ2) is 6.27. The Bertz CT molecular complexity index is 211. The van der Waals surface area contributed by atoms with Crippen molar-refractivity contribution >= 4 is 5.91 Å². The van der Waals surface area contributed by atoms with E-state index >= 15 is 0 Å². The van der Waals surface area contributed by atoms with Gasteiger partial charge in [-0.15, -0.1) is 0 Å². The van der Waals surface area contributed by atoms with Crippen molar-refractivity contribution in [1.29, 1.82) is 0 Å². The van der Waals surface area contributed by atoms with Gasteiger partial charge in [-0.1, -0.05) is 48.5 Å². The molecular weight excluding hydrogens is 198 g/mol. The third-order valence-electron chi connectivity index (χ3n) is 2.85. The van der Waals surface area contributed by atoms with Crippen molar-refractivity contribution in [2.75, 3.05) is 6.54 Å². The van der Waals surface area contributed by atoms with Crippen LogP contribution in [0.4, 0.5) is 0 Å². The molecule has 0 aromatic heterocycles. The number of hydrogen-bond acceptors (Lipinski definition) is 1. The molecule has 0 N–H and O–H groups in total. The highest BCUT2D eigenvalue weighted by Crippen LogP contribution is 2.22. The summed E-state index contributed by atoms with van der Waals surface area (Å²) in [6.45, 7) is 15.6. The predicted molar refractivity (Wildman–Crippen MR) is 70.4 cm³/mol. The Morgan fingerprint density at radius 3 is 1.81 bits per heavy atom. The first-order chi connectivity index (χ1) is 7.23. The van der Waals surface area contributed by atoms with Gasteiger partial charge in [-0.3, -0.25) is 4.79 Å². The summed E-state index contributed by atoms with van der Waals surface area (Å²) in [5.41, 5.74) is -0.266. The van der Waals surface area contributed by atoms with E-state index < -0.39 is 0 Å². The molecular formula is C14H29NO. The van der Waals surface area contributed by atoms with Crippen molar-refractivity contribution in [3.8, 4) is 0 Å². The molecule has 96 valence electrons. The SMILES string of the molecule is CCC(CC)N(CC(C)C)C(=O)C(C)(C)C. The first kappa shape index (κ1) is 15.5. The fourth-order valence-electron chi connectivity index (χ4n) is 1.95. The summed E-state index contributed by atoms with van der Waals surface area (Å²) in [5.74, 6) is 0.821. The molecule has 0 rings (SSSR count). The van der Waals surface area contributed by atoms with Crippen LogP contribution < -0.4 is 0 Å². The zero-order chi connectivity index (χ0) is 12.9. The van der Waals surface area contributed by atoms with Crippen LogP contribution in [0.3, 0.4) is 0 Å². The molecule has 0 atom stereocenters. The molecule has 0 saturated heterocycles. The lowest BCUT2D eigenvalue weighted by Gasteiger charge is -2.36. The Morgan fingerprint density at radius 1 is 1.12 bits per heavy atom. The van der Waals surface area contributed by atoms with E-state index in [1.807, 2.05) is 20.8 Å². The molecule has 16 heavy (non-hydrogen) atoms. The molecule has 0 aromatic rings. The van der Waals surface area contributed by atoms with Crippen molar-refractivity contribution in [1.82, 2.24) is 4.90 Å². The van der Waals surface area contributed by atoms with Crippen LogP contribution in [-0.2, 0) is 4.79 Å². The number of rotatable bonds is 5. The lowest BCUT2D eigenvalue weighted by Crippen LogP contribution is -2.47. The van der Waals surface area contributed by atoms with Crippen molar-refractivity contribution in [2.24, 2.45) is 11.3 Å². The lowest BCUT2D eigenvalue weighted by atomic mass is 9.92. The quantitative estimate of drug-likeness (QED) is 0.701. The van der Waals surface area contributed by atoms with Gasteiger partial charge in [0.15, 0.2) is 0 Å². The van der Waals surface area contributed by atoms with Gasteiger partial charge in [-0.2, -0.15) is 0 Å². The van der Waals surface area contributed by atoms with Crippen LogP contribution in [0.5, 0.6) is 0 Å². The van der Waals surface area contributed by atoms with Gasteiger partial charge in [0.25, 0.3) is 0 Å². The van der Waals surface area contributed by atoms with Crippen LogP contribution in [0.25, 0.3) is 0 Å². The van der Waals surface area contributed by atoms with Crippen molar-refractivity contribution in [3.63, 3.8) is 0 Å². The van der Waals surface area contributed by atoms with Gasteiger partial charge in [0.1, 0.15) is 0 Å². The lowest BCUT2D eigenvalue weighted by molar-refractivity contribution is -0.142. The van der Waals surface area contributed by atoms with Crippen molar-refractivity contribution in [2.45, 2.75) is 67.3 Å². The van der Waals surface area contributed by atoms with E-state index in [0.29, 0.717) is 12.0 Å². The van der Waals surface area contributed by atoms with Crippen LogP contribution in [0.1, 0.15) is 61.3 Å². The van der Waals surface area contributed by atoms with E-state index in [1.165, 1.54) is 0 Å². The van der Waals surface area contributed by atoms with Gasteiger partial charge in [0, 0.05) is 18.0 Å². The molecule has 0 radical (unpaired) electrons. The van der Waals surface area contributed by atoms with E-state index in [1.54, 1.807) is 0 Å². The Hall–Kier alpha value is -0.530. The van der Waals surface area contributed by atoms with Gasteiger partial charge in [-0.05, 0) is 18.8 Å². The highest BCUT2D eigenvalue weighted by atomic mass is 16.2. The molecule has 0 bridgehead atoms. The molecule has 2 nitrogen and oxygen atoms in total. The monoisotopic (exact) mass is 227 g/mol. The molecule has 0 saturated carbocycles. The van der Waals surface area contributed by atoms with Gasteiger partial charge < -0.3 is 4.90 Å². The summed E-state index contributed by atoms with van der Waals surface area (Å²) in [4.78, 5) is 14.5. The van der Waals surface area contributed by atoms with Crippen LogP contribution in [-0.4, -0.2) is 23.4 Å².